The van der Waals surface area contributed by atoms with Crippen LogP contribution in [0.25, 0.3) is 0 Å². The van der Waals surface area contributed by atoms with Gasteiger partial charge in [-0.3, -0.25) is 4.79 Å². The molecule has 2 aromatic rings. The van der Waals surface area contributed by atoms with E-state index in [1.807, 2.05) is 0 Å². The molecule has 20 heavy (non-hydrogen) atoms. The van der Waals surface area contributed by atoms with Gasteiger partial charge in [0.05, 0.1) is 30.8 Å². The molecule has 0 radical (unpaired) electrons. The number of hydrogen-bond donors (Lipinski definition) is 3. The lowest BCUT2D eigenvalue weighted by Crippen LogP contribution is -2.14. The van der Waals surface area contributed by atoms with Gasteiger partial charge in [-0.05, 0) is 0 Å². The van der Waals surface area contributed by atoms with Gasteiger partial charge in [0.25, 0.3) is 5.91 Å². The van der Waals surface area contributed by atoms with Gasteiger partial charge in [-0.2, -0.15) is 15.4 Å². The predicted octanol–water partition coefficient (Wildman–Crippen LogP) is 0.800. The zero-order valence-corrected chi connectivity index (χ0v) is 10.5. The van der Waals surface area contributed by atoms with E-state index in [0.29, 0.717) is 36.1 Å². The maximum atomic E-state index is 11.9. The fourth-order valence-electron chi connectivity index (χ4n) is 1.83. The smallest absolute Gasteiger partial charge is 0.277 e. The molecule has 0 fully saturated rings. The van der Waals surface area contributed by atoms with Crippen LogP contribution in [-0.4, -0.2) is 34.5 Å². The Bertz CT molecular complexity index is 626. The number of nitrogens with one attached hydrogen (secondary N) is 2. The average molecular weight is 275 g/mol. The topological polar surface area (TPSA) is 115 Å². The van der Waals surface area contributed by atoms with Crippen LogP contribution < -0.4 is 20.5 Å². The summed E-state index contributed by atoms with van der Waals surface area (Å²) in [7, 11) is 0. The van der Waals surface area contributed by atoms with Crippen molar-refractivity contribution in [3.63, 3.8) is 0 Å². The number of aromatic nitrogens is 3. The molecular formula is C12H13N5O3. The van der Waals surface area contributed by atoms with Crippen molar-refractivity contribution in [2.24, 2.45) is 0 Å². The molecule has 1 aromatic heterocycles. The number of hydrogen-bond acceptors (Lipinski definition) is 6. The summed E-state index contributed by atoms with van der Waals surface area (Å²) in [6, 6.07) is 3.28. The number of H-pyrrole nitrogens is 1. The summed E-state index contributed by atoms with van der Waals surface area (Å²) in [6.45, 7) is 1.14. The van der Waals surface area contributed by atoms with Crippen LogP contribution >= 0.6 is 0 Å². The van der Waals surface area contributed by atoms with Crippen LogP contribution in [0.5, 0.6) is 11.5 Å². The van der Waals surface area contributed by atoms with Crippen molar-refractivity contribution in [3.05, 3.63) is 24.0 Å². The third kappa shape index (κ3) is 2.35. The molecule has 0 bridgehead atoms. The number of ether oxygens (including phenoxy) is 2. The number of nitrogen functional groups attached to an aromatic ring is 1. The Morgan fingerprint density at radius 2 is 2.05 bits per heavy atom. The second-order valence-corrected chi connectivity index (χ2v) is 4.25. The van der Waals surface area contributed by atoms with Gasteiger partial charge in [0.1, 0.15) is 0 Å². The average Bonchev–Trinajstić information content (AvgIpc) is 2.88. The minimum absolute atomic E-state index is 0.177. The van der Waals surface area contributed by atoms with Crippen LogP contribution in [0.1, 0.15) is 16.9 Å². The molecule has 1 amide bonds. The summed E-state index contributed by atoms with van der Waals surface area (Å²) in [4.78, 5) is 11.9. The first kappa shape index (κ1) is 12.3. The largest absolute Gasteiger partial charge is 0.489 e. The Labute approximate surface area is 114 Å². The van der Waals surface area contributed by atoms with E-state index in [1.54, 1.807) is 12.1 Å². The Hall–Kier alpha value is -2.77. The number of rotatable bonds is 2. The third-order valence-electron chi connectivity index (χ3n) is 2.82. The van der Waals surface area contributed by atoms with Gasteiger partial charge in [0.15, 0.2) is 17.2 Å². The molecule has 0 saturated carbocycles. The van der Waals surface area contributed by atoms with Gasteiger partial charge in [0.2, 0.25) is 0 Å². The fourth-order valence-corrected chi connectivity index (χ4v) is 1.83. The lowest BCUT2D eigenvalue weighted by Gasteiger charge is -2.12. The first-order valence-corrected chi connectivity index (χ1v) is 6.10. The van der Waals surface area contributed by atoms with Gasteiger partial charge in [-0.1, -0.05) is 0 Å². The van der Waals surface area contributed by atoms with Crippen molar-refractivity contribution in [1.82, 2.24) is 15.4 Å². The van der Waals surface area contributed by atoms with E-state index in [-0.39, 0.29) is 5.69 Å². The van der Waals surface area contributed by atoms with E-state index in [4.69, 9.17) is 15.2 Å². The first-order valence-electron chi connectivity index (χ1n) is 6.10. The molecule has 3 rings (SSSR count). The Morgan fingerprint density at radius 3 is 2.75 bits per heavy atom. The summed E-state index contributed by atoms with van der Waals surface area (Å²) in [5, 5.41) is 12.3. The van der Waals surface area contributed by atoms with Crippen LogP contribution in [0.4, 0.5) is 11.4 Å². The van der Waals surface area contributed by atoms with E-state index in [2.05, 4.69) is 20.7 Å². The summed E-state index contributed by atoms with van der Waals surface area (Å²) in [6.07, 6.45) is 2.13. The molecule has 8 nitrogen and oxygen atoms in total. The summed E-state index contributed by atoms with van der Waals surface area (Å²) in [5.74, 6) is 0.742. The second-order valence-electron chi connectivity index (χ2n) is 4.25. The zero-order chi connectivity index (χ0) is 13.9. The van der Waals surface area contributed by atoms with E-state index in [1.165, 1.54) is 6.20 Å². The normalized spacial score (nSPS) is 13.6. The molecule has 8 heteroatoms. The van der Waals surface area contributed by atoms with E-state index in [0.717, 1.165) is 6.42 Å². The highest BCUT2D eigenvalue weighted by Gasteiger charge is 2.16. The zero-order valence-electron chi connectivity index (χ0n) is 10.5. The number of benzene rings is 1. The molecule has 4 N–H and O–H groups in total. The number of carbonyl (C=O) groups excluding carboxylic acids is 1. The van der Waals surface area contributed by atoms with Crippen LogP contribution in [-0.2, 0) is 0 Å². The van der Waals surface area contributed by atoms with Gasteiger partial charge in [-0.15, -0.1) is 0 Å². The quantitative estimate of drug-likeness (QED) is 0.698. The Kier molecular flexibility index (Phi) is 3.12. The molecule has 1 aromatic carbocycles. The van der Waals surface area contributed by atoms with Crippen LogP contribution in [0, 0.1) is 0 Å². The number of nitrogens with two attached hydrogens (primary N) is 1. The SMILES string of the molecule is Nc1cc2c(cc1NC(=O)c1cn[nH]n1)OCCCO2. The van der Waals surface area contributed by atoms with Crippen molar-refractivity contribution >= 4 is 17.3 Å². The molecule has 104 valence electrons. The minimum Gasteiger partial charge on any atom is -0.489 e. The van der Waals surface area contributed by atoms with Crippen LogP contribution in [0.15, 0.2) is 18.3 Å². The highest BCUT2D eigenvalue weighted by molar-refractivity contribution is 6.04. The fraction of sp³-hybridized carbons (Fsp3) is 0.250. The number of aromatic amines is 1. The molecular weight excluding hydrogens is 262 g/mol. The van der Waals surface area contributed by atoms with Gasteiger partial charge in [-0.25, -0.2) is 0 Å². The number of nitrogens with zero attached hydrogens (tertiary/aromatic N) is 2. The van der Waals surface area contributed by atoms with E-state index >= 15 is 0 Å². The number of anilines is 2. The van der Waals surface area contributed by atoms with Crippen LogP contribution in [0.3, 0.4) is 0 Å². The lowest BCUT2D eigenvalue weighted by atomic mass is 10.2. The molecule has 0 aliphatic carbocycles. The molecule has 0 spiro atoms. The molecule has 2 heterocycles. The maximum Gasteiger partial charge on any atom is 0.277 e. The van der Waals surface area contributed by atoms with Gasteiger partial charge < -0.3 is 20.5 Å². The van der Waals surface area contributed by atoms with Crippen LogP contribution in [0.2, 0.25) is 0 Å². The van der Waals surface area contributed by atoms with Crippen molar-refractivity contribution < 1.29 is 14.3 Å². The summed E-state index contributed by atoms with van der Waals surface area (Å²) in [5.41, 5.74) is 6.92. The standard InChI is InChI=1S/C12H13N5O3/c13-7-4-10-11(20-3-1-2-19-10)5-8(7)15-12(18)9-6-14-17-16-9/h4-6H,1-3,13H2,(H,15,18)(H,14,16,17). The van der Waals surface area contributed by atoms with Crippen molar-refractivity contribution in [2.75, 3.05) is 24.3 Å². The highest BCUT2D eigenvalue weighted by Crippen LogP contribution is 2.36. The Balaban J connectivity index is 1.86. The molecule has 1 aliphatic rings. The highest BCUT2D eigenvalue weighted by atomic mass is 16.5. The Morgan fingerprint density at radius 1 is 1.30 bits per heavy atom. The second kappa shape index (κ2) is 5.08. The number of carbonyl (C=O) groups is 1. The summed E-state index contributed by atoms with van der Waals surface area (Å²) < 4.78 is 11.1. The monoisotopic (exact) mass is 275 g/mol. The number of amides is 1. The van der Waals surface area contributed by atoms with Crippen molar-refractivity contribution in [3.8, 4) is 11.5 Å². The van der Waals surface area contributed by atoms with E-state index < -0.39 is 5.91 Å². The van der Waals surface area contributed by atoms with Gasteiger partial charge in [0, 0.05) is 18.6 Å². The van der Waals surface area contributed by atoms with Crippen molar-refractivity contribution in [1.29, 1.82) is 0 Å². The molecule has 0 atom stereocenters. The maximum absolute atomic E-state index is 11.9. The summed E-state index contributed by atoms with van der Waals surface area (Å²) >= 11 is 0. The minimum atomic E-state index is -0.403. The molecule has 0 unspecified atom stereocenters. The first-order chi connectivity index (χ1) is 9.74. The van der Waals surface area contributed by atoms with Gasteiger partial charge >= 0.3 is 0 Å². The van der Waals surface area contributed by atoms with Crippen molar-refractivity contribution in [2.45, 2.75) is 6.42 Å². The molecule has 1 aliphatic heterocycles. The lowest BCUT2D eigenvalue weighted by molar-refractivity contribution is 0.102. The number of fused-ring (bicyclic) bond motifs is 1. The molecule has 0 saturated heterocycles. The predicted molar refractivity (Wildman–Crippen MR) is 70.8 cm³/mol. The van der Waals surface area contributed by atoms with E-state index in [9.17, 15) is 4.79 Å². The third-order valence-corrected chi connectivity index (χ3v) is 2.82.